The number of rotatable bonds is 0. The molecule has 5 heteroatoms. The molecule has 4 rings (SSSR count). The normalized spacial score (nSPS) is 13.5. The van der Waals surface area contributed by atoms with Gasteiger partial charge in [-0.25, -0.2) is 0 Å². The molecule has 1 aliphatic rings. The number of fused-ring (bicyclic) bond motifs is 2. The summed E-state index contributed by atoms with van der Waals surface area (Å²) in [6.45, 7) is 14.0. The predicted molar refractivity (Wildman–Crippen MR) is 106 cm³/mol. The molecule has 1 aliphatic heterocycles. The molecule has 0 saturated carbocycles. The number of aromatic nitrogens is 3. The summed E-state index contributed by atoms with van der Waals surface area (Å²) in [5.74, 6) is 0. The van der Waals surface area contributed by atoms with Crippen LogP contribution >= 0.6 is 0 Å². The molecule has 2 heterocycles. The summed E-state index contributed by atoms with van der Waals surface area (Å²) in [6.07, 6.45) is 0. The van der Waals surface area contributed by atoms with Crippen LogP contribution in [0.15, 0.2) is 46.6 Å². The van der Waals surface area contributed by atoms with Gasteiger partial charge in [0.25, 0.3) is 0 Å². The summed E-state index contributed by atoms with van der Waals surface area (Å²) >= 11 is 0. The highest BCUT2D eigenvalue weighted by Gasteiger charge is 2.17. The molecule has 1 N–H and O–H groups in total. The maximum atomic E-state index is 4.06. The van der Waals surface area contributed by atoms with Crippen LogP contribution in [0.2, 0.25) is 0 Å². The van der Waals surface area contributed by atoms with Crippen LogP contribution in [-0.2, 0) is 17.4 Å². The van der Waals surface area contributed by atoms with Gasteiger partial charge in [0, 0.05) is 5.56 Å². The minimum Gasteiger partial charge on any atom is -0.197 e. The van der Waals surface area contributed by atoms with Gasteiger partial charge in [-0.3, -0.25) is 0 Å². The van der Waals surface area contributed by atoms with E-state index in [0.29, 0.717) is 0 Å². The van der Waals surface area contributed by atoms with Gasteiger partial charge >= 0.3 is 0 Å². The lowest BCUT2D eigenvalue weighted by molar-refractivity contribution is 0.589. The van der Waals surface area contributed by atoms with Gasteiger partial charge in [0.05, 0.1) is 12.2 Å². The molecule has 0 fully saturated rings. The molecular weight excluding hydrogens is 322 g/mol. The summed E-state index contributed by atoms with van der Waals surface area (Å²) in [6, 6.07) is 12.6. The van der Waals surface area contributed by atoms with Gasteiger partial charge in [-0.05, 0) is 40.2 Å². The minimum atomic E-state index is 0.174. The van der Waals surface area contributed by atoms with Crippen molar-refractivity contribution in [3.63, 3.8) is 0 Å². The Hall–Kier alpha value is -2.56. The standard InChI is InChI=1S/C11H14N2.C10H13N3/c1-11(2,3)9-4-5-10-8(6-9)7-12-13-10;1-10(2,3)7-4-5-8-9(6-7)12-13-11-8/h4-6H,7H2,1-3H3;4-6H,1-3H3,(H,11,12,13). The molecule has 0 atom stereocenters. The van der Waals surface area contributed by atoms with Crippen LogP contribution in [0.3, 0.4) is 0 Å². The van der Waals surface area contributed by atoms with Crippen LogP contribution in [0.1, 0.15) is 58.2 Å². The van der Waals surface area contributed by atoms with E-state index in [1.165, 1.54) is 16.7 Å². The Morgan fingerprint density at radius 1 is 0.769 bits per heavy atom. The smallest absolute Gasteiger partial charge is 0.113 e. The molecule has 5 nitrogen and oxygen atoms in total. The lowest BCUT2D eigenvalue weighted by Gasteiger charge is -2.19. The molecule has 0 bridgehead atoms. The summed E-state index contributed by atoms with van der Waals surface area (Å²) in [4.78, 5) is 0. The Bertz CT molecular complexity index is 939. The van der Waals surface area contributed by atoms with Crippen LogP contribution < -0.4 is 0 Å². The second-order valence-corrected chi connectivity index (χ2v) is 8.77. The third kappa shape index (κ3) is 3.98. The van der Waals surface area contributed by atoms with Crippen LogP contribution in [0.25, 0.3) is 11.0 Å². The Morgan fingerprint density at radius 2 is 1.38 bits per heavy atom. The quantitative estimate of drug-likeness (QED) is 0.554. The van der Waals surface area contributed by atoms with E-state index in [4.69, 9.17) is 0 Å². The summed E-state index contributed by atoms with van der Waals surface area (Å²) in [5, 5.41) is 18.7. The molecule has 2 aromatic carbocycles. The molecule has 3 aromatic rings. The second-order valence-electron chi connectivity index (χ2n) is 8.77. The van der Waals surface area contributed by atoms with E-state index in [9.17, 15) is 0 Å². The molecule has 0 amide bonds. The van der Waals surface area contributed by atoms with Crippen molar-refractivity contribution in [3.05, 3.63) is 53.1 Å². The maximum Gasteiger partial charge on any atom is 0.113 e. The number of benzene rings is 2. The Balaban J connectivity index is 0.000000151. The van der Waals surface area contributed by atoms with Crippen molar-refractivity contribution in [1.29, 1.82) is 0 Å². The second kappa shape index (κ2) is 6.63. The van der Waals surface area contributed by atoms with Gasteiger partial charge in [0.2, 0.25) is 0 Å². The third-order valence-corrected chi connectivity index (χ3v) is 4.55. The first kappa shape index (κ1) is 18.2. The van der Waals surface area contributed by atoms with Crippen molar-refractivity contribution in [2.45, 2.75) is 58.9 Å². The Labute approximate surface area is 154 Å². The van der Waals surface area contributed by atoms with E-state index in [2.05, 4.69) is 97.5 Å². The largest absolute Gasteiger partial charge is 0.197 e. The molecule has 0 saturated heterocycles. The number of hydrogen-bond acceptors (Lipinski definition) is 4. The molecule has 1 aromatic heterocycles. The monoisotopic (exact) mass is 349 g/mol. The fourth-order valence-corrected chi connectivity index (χ4v) is 2.77. The number of H-pyrrole nitrogens is 1. The number of aromatic amines is 1. The predicted octanol–water partition coefficient (Wildman–Crippen LogP) is 5.84. The number of nitrogens with one attached hydrogen (secondary N) is 1. The first-order valence-corrected chi connectivity index (χ1v) is 8.96. The Kier molecular flexibility index (Phi) is 4.65. The van der Waals surface area contributed by atoms with Crippen molar-refractivity contribution in [2.24, 2.45) is 10.2 Å². The summed E-state index contributed by atoms with van der Waals surface area (Å²) in [7, 11) is 0. The van der Waals surface area contributed by atoms with Gasteiger partial charge in [0.15, 0.2) is 0 Å². The van der Waals surface area contributed by atoms with Gasteiger partial charge < -0.3 is 0 Å². The van der Waals surface area contributed by atoms with Crippen molar-refractivity contribution < 1.29 is 0 Å². The fourth-order valence-electron chi connectivity index (χ4n) is 2.77. The average molecular weight is 349 g/mol. The van der Waals surface area contributed by atoms with E-state index >= 15 is 0 Å². The van der Waals surface area contributed by atoms with Crippen molar-refractivity contribution in [1.82, 2.24) is 15.4 Å². The third-order valence-electron chi connectivity index (χ3n) is 4.55. The van der Waals surface area contributed by atoms with Gasteiger partial charge in [-0.2, -0.15) is 25.6 Å². The summed E-state index contributed by atoms with van der Waals surface area (Å²) < 4.78 is 0. The van der Waals surface area contributed by atoms with Crippen LogP contribution in [0, 0.1) is 0 Å². The zero-order valence-corrected chi connectivity index (χ0v) is 16.5. The van der Waals surface area contributed by atoms with E-state index in [1.54, 1.807) is 0 Å². The first-order valence-electron chi connectivity index (χ1n) is 8.96. The molecule has 0 spiro atoms. The lowest BCUT2D eigenvalue weighted by atomic mass is 9.86. The number of hydrogen-bond donors (Lipinski definition) is 1. The highest BCUT2D eigenvalue weighted by Crippen LogP contribution is 2.31. The van der Waals surface area contributed by atoms with E-state index in [1.807, 2.05) is 6.07 Å². The summed E-state index contributed by atoms with van der Waals surface area (Å²) in [5.41, 5.74) is 7.19. The highest BCUT2D eigenvalue weighted by atomic mass is 15.3. The van der Waals surface area contributed by atoms with E-state index < -0.39 is 0 Å². The molecule has 26 heavy (non-hydrogen) atoms. The fraction of sp³-hybridized carbons (Fsp3) is 0.429. The SMILES string of the molecule is CC(C)(C)c1ccc2c(c1)CN=N2.CC(C)(C)c1ccc2n[nH]nc2c1. The topological polar surface area (TPSA) is 66.3 Å². The number of azo groups is 1. The maximum absolute atomic E-state index is 4.06. The lowest BCUT2D eigenvalue weighted by Crippen LogP contribution is -2.10. The van der Waals surface area contributed by atoms with Crippen molar-refractivity contribution in [2.75, 3.05) is 0 Å². The first-order chi connectivity index (χ1) is 12.1. The zero-order valence-electron chi connectivity index (χ0n) is 16.5. The van der Waals surface area contributed by atoms with Gasteiger partial charge in [-0.1, -0.05) is 59.7 Å². The van der Waals surface area contributed by atoms with E-state index in [0.717, 1.165) is 23.3 Å². The molecule has 136 valence electrons. The van der Waals surface area contributed by atoms with Gasteiger partial charge in [-0.15, -0.1) is 0 Å². The van der Waals surface area contributed by atoms with Crippen LogP contribution in [-0.4, -0.2) is 15.4 Å². The number of nitrogens with zero attached hydrogens (tertiary/aromatic N) is 4. The van der Waals surface area contributed by atoms with Crippen molar-refractivity contribution >= 4 is 16.7 Å². The molecule has 0 aliphatic carbocycles. The van der Waals surface area contributed by atoms with E-state index in [-0.39, 0.29) is 10.8 Å². The molecule has 0 radical (unpaired) electrons. The van der Waals surface area contributed by atoms with Crippen molar-refractivity contribution in [3.8, 4) is 0 Å². The zero-order chi connectivity index (χ0) is 18.9. The van der Waals surface area contributed by atoms with Gasteiger partial charge in [0.1, 0.15) is 11.0 Å². The Morgan fingerprint density at radius 3 is 2.08 bits per heavy atom. The van der Waals surface area contributed by atoms with Crippen LogP contribution in [0.5, 0.6) is 0 Å². The van der Waals surface area contributed by atoms with Crippen LogP contribution in [0.4, 0.5) is 5.69 Å². The molecular formula is C21H27N5. The highest BCUT2D eigenvalue weighted by molar-refractivity contribution is 5.74. The molecule has 0 unspecified atom stereocenters. The average Bonchev–Trinajstić information content (AvgIpc) is 3.21. The minimum absolute atomic E-state index is 0.174.